The molecule has 1 aliphatic carbocycles. The van der Waals surface area contributed by atoms with Crippen LogP contribution in [0.25, 0.3) is 0 Å². The predicted octanol–water partition coefficient (Wildman–Crippen LogP) is 4.95. The first kappa shape index (κ1) is 19.7. The summed E-state index contributed by atoms with van der Waals surface area (Å²) in [6.07, 6.45) is 1.99. The molecule has 1 saturated carbocycles. The third-order valence-electron chi connectivity index (χ3n) is 4.96. The molecule has 6 nitrogen and oxygen atoms in total. The smallest absolute Gasteiger partial charge is 0.334 e. The standard InChI is InChI=1S/C21H20Cl2N4O2/c1-11-16-9-18(22)19(23)10-17(16)20(26-27(11)21(29)25-15-7-8-15)13-3-5-14(6-4-13)24-12(2)28/h3-6,9-11,15H,7-8H2,1-2H3,(H,24,28)(H,25,29). The lowest BCUT2D eigenvalue weighted by Gasteiger charge is -2.32. The van der Waals surface area contributed by atoms with Gasteiger partial charge < -0.3 is 10.6 Å². The zero-order valence-corrected chi connectivity index (χ0v) is 17.5. The third-order valence-corrected chi connectivity index (χ3v) is 5.69. The van der Waals surface area contributed by atoms with Gasteiger partial charge in [-0.1, -0.05) is 35.3 Å². The lowest BCUT2D eigenvalue weighted by Crippen LogP contribution is -2.42. The molecule has 0 spiro atoms. The molecule has 2 aliphatic rings. The lowest BCUT2D eigenvalue weighted by atomic mass is 9.92. The first-order valence-electron chi connectivity index (χ1n) is 9.39. The van der Waals surface area contributed by atoms with E-state index in [0.717, 1.165) is 29.5 Å². The zero-order valence-electron chi connectivity index (χ0n) is 16.0. The van der Waals surface area contributed by atoms with Gasteiger partial charge in [0.1, 0.15) is 0 Å². The summed E-state index contributed by atoms with van der Waals surface area (Å²) in [6, 6.07) is 10.6. The molecule has 4 rings (SSSR count). The summed E-state index contributed by atoms with van der Waals surface area (Å²) >= 11 is 12.5. The van der Waals surface area contributed by atoms with Crippen LogP contribution in [0, 0.1) is 0 Å². The van der Waals surface area contributed by atoms with E-state index in [1.54, 1.807) is 24.3 Å². The van der Waals surface area contributed by atoms with Crippen LogP contribution in [-0.4, -0.2) is 28.7 Å². The number of fused-ring (bicyclic) bond motifs is 1. The Morgan fingerprint density at radius 1 is 1.10 bits per heavy atom. The zero-order chi connectivity index (χ0) is 20.7. The summed E-state index contributed by atoms with van der Waals surface area (Å²) in [5.41, 5.74) is 3.81. The Bertz CT molecular complexity index is 1020. The Morgan fingerprint density at radius 3 is 2.38 bits per heavy atom. The largest absolute Gasteiger partial charge is 0.338 e. The highest BCUT2D eigenvalue weighted by Crippen LogP contribution is 2.37. The van der Waals surface area contributed by atoms with Crippen LogP contribution in [0.2, 0.25) is 10.0 Å². The molecular formula is C21H20Cl2N4O2. The molecule has 2 aromatic rings. The summed E-state index contributed by atoms with van der Waals surface area (Å²) in [6.45, 7) is 3.37. The van der Waals surface area contributed by atoms with Crippen molar-refractivity contribution in [2.24, 2.45) is 5.10 Å². The molecule has 1 fully saturated rings. The van der Waals surface area contributed by atoms with Crippen LogP contribution in [0.5, 0.6) is 0 Å². The van der Waals surface area contributed by atoms with Gasteiger partial charge in [-0.2, -0.15) is 5.10 Å². The van der Waals surface area contributed by atoms with Crippen molar-refractivity contribution >= 4 is 46.5 Å². The number of halogens is 2. The van der Waals surface area contributed by atoms with Crippen molar-refractivity contribution < 1.29 is 9.59 Å². The van der Waals surface area contributed by atoms with Crippen molar-refractivity contribution in [1.82, 2.24) is 10.3 Å². The molecule has 1 heterocycles. The van der Waals surface area contributed by atoms with Gasteiger partial charge in [0, 0.05) is 29.8 Å². The lowest BCUT2D eigenvalue weighted by molar-refractivity contribution is -0.114. The van der Waals surface area contributed by atoms with Crippen LogP contribution >= 0.6 is 23.2 Å². The molecule has 2 N–H and O–H groups in total. The minimum absolute atomic E-state index is 0.142. The molecule has 0 radical (unpaired) electrons. The fraction of sp³-hybridized carbons (Fsp3) is 0.286. The molecule has 0 saturated heterocycles. The molecule has 29 heavy (non-hydrogen) atoms. The van der Waals surface area contributed by atoms with E-state index in [2.05, 4.69) is 15.7 Å². The maximum absolute atomic E-state index is 12.8. The van der Waals surface area contributed by atoms with E-state index in [-0.39, 0.29) is 24.0 Å². The van der Waals surface area contributed by atoms with Gasteiger partial charge >= 0.3 is 6.03 Å². The number of amides is 3. The Kier molecular flexibility index (Phi) is 5.23. The van der Waals surface area contributed by atoms with Gasteiger partial charge in [-0.3, -0.25) is 4.79 Å². The topological polar surface area (TPSA) is 73.8 Å². The van der Waals surface area contributed by atoms with Crippen molar-refractivity contribution in [1.29, 1.82) is 0 Å². The number of anilines is 1. The van der Waals surface area contributed by atoms with Crippen LogP contribution in [-0.2, 0) is 4.79 Å². The van der Waals surface area contributed by atoms with Gasteiger partial charge in [-0.15, -0.1) is 0 Å². The molecule has 8 heteroatoms. The Labute approximate surface area is 178 Å². The summed E-state index contributed by atoms with van der Waals surface area (Å²) < 4.78 is 0. The Balaban J connectivity index is 1.77. The molecule has 2 aromatic carbocycles. The quantitative estimate of drug-likeness (QED) is 0.722. The number of rotatable bonds is 3. The van der Waals surface area contributed by atoms with Gasteiger partial charge in [-0.05, 0) is 49.6 Å². The average Bonchev–Trinajstić information content (AvgIpc) is 3.48. The van der Waals surface area contributed by atoms with Crippen molar-refractivity contribution in [3.8, 4) is 0 Å². The van der Waals surface area contributed by atoms with E-state index in [1.165, 1.54) is 11.9 Å². The number of nitrogens with one attached hydrogen (secondary N) is 2. The molecule has 1 unspecified atom stereocenters. The number of nitrogens with zero attached hydrogens (tertiary/aromatic N) is 2. The van der Waals surface area contributed by atoms with Gasteiger partial charge in [0.2, 0.25) is 5.91 Å². The minimum Gasteiger partial charge on any atom is -0.334 e. The van der Waals surface area contributed by atoms with Crippen LogP contribution in [0.3, 0.4) is 0 Å². The summed E-state index contributed by atoms with van der Waals surface area (Å²) in [7, 11) is 0. The number of carbonyl (C=O) groups is 2. The maximum atomic E-state index is 12.8. The second-order valence-electron chi connectivity index (χ2n) is 7.31. The molecule has 0 aromatic heterocycles. The molecule has 150 valence electrons. The molecule has 1 atom stereocenters. The summed E-state index contributed by atoms with van der Waals surface area (Å²) in [5.74, 6) is -0.142. The van der Waals surface area contributed by atoms with E-state index in [4.69, 9.17) is 23.2 Å². The first-order valence-corrected chi connectivity index (χ1v) is 10.1. The highest BCUT2D eigenvalue weighted by molar-refractivity contribution is 6.42. The number of urea groups is 1. The first-order chi connectivity index (χ1) is 13.8. The monoisotopic (exact) mass is 430 g/mol. The SMILES string of the molecule is CC(=O)Nc1ccc(C2=NN(C(=O)NC3CC3)C(C)c3cc(Cl)c(Cl)cc32)cc1. The maximum Gasteiger partial charge on any atom is 0.338 e. The Hall–Kier alpha value is -2.57. The highest BCUT2D eigenvalue weighted by Gasteiger charge is 2.34. The van der Waals surface area contributed by atoms with Crippen LogP contribution in [0.1, 0.15) is 49.4 Å². The molecule has 1 aliphatic heterocycles. The average molecular weight is 431 g/mol. The summed E-state index contributed by atoms with van der Waals surface area (Å²) in [4.78, 5) is 24.0. The van der Waals surface area contributed by atoms with Crippen LogP contribution in [0.15, 0.2) is 41.5 Å². The van der Waals surface area contributed by atoms with E-state index in [0.29, 0.717) is 21.4 Å². The molecular weight excluding hydrogens is 411 g/mol. The third kappa shape index (κ3) is 4.09. The predicted molar refractivity (Wildman–Crippen MR) is 115 cm³/mol. The van der Waals surface area contributed by atoms with Crippen molar-refractivity contribution in [3.05, 3.63) is 63.1 Å². The van der Waals surface area contributed by atoms with Crippen molar-refractivity contribution in [2.75, 3.05) is 5.32 Å². The second kappa shape index (κ2) is 7.69. The fourth-order valence-corrected chi connectivity index (χ4v) is 3.65. The van der Waals surface area contributed by atoms with E-state index < -0.39 is 0 Å². The molecule has 3 amide bonds. The van der Waals surface area contributed by atoms with Gasteiger partial charge in [0.15, 0.2) is 0 Å². The van der Waals surface area contributed by atoms with E-state index in [1.807, 2.05) is 19.1 Å². The fourth-order valence-electron chi connectivity index (χ4n) is 3.31. The number of hydrogen-bond donors (Lipinski definition) is 2. The number of hydrazone groups is 1. The molecule has 0 bridgehead atoms. The Morgan fingerprint density at radius 2 is 1.76 bits per heavy atom. The van der Waals surface area contributed by atoms with Crippen LogP contribution < -0.4 is 10.6 Å². The number of hydrogen-bond acceptors (Lipinski definition) is 3. The second-order valence-corrected chi connectivity index (χ2v) is 8.12. The van der Waals surface area contributed by atoms with Crippen molar-refractivity contribution in [2.45, 2.75) is 38.8 Å². The van der Waals surface area contributed by atoms with Crippen LogP contribution in [0.4, 0.5) is 10.5 Å². The highest BCUT2D eigenvalue weighted by atomic mass is 35.5. The number of benzene rings is 2. The van der Waals surface area contributed by atoms with Gasteiger partial charge in [-0.25, -0.2) is 9.80 Å². The van der Waals surface area contributed by atoms with Gasteiger partial charge in [0.25, 0.3) is 0 Å². The normalized spacial score (nSPS) is 18.0. The van der Waals surface area contributed by atoms with E-state index >= 15 is 0 Å². The minimum atomic E-state index is -0.291. The van der Waals surface area contributed by atoms with Gasteiger partial charge in [0.05, 0.1) is 21.8 Å². The van der Waals surface area contributed by atoms with E-state index in [9.17, 15) is 9.59 Å². The number of carbonyl (C=O) groups excluding carboxylic acids is 2. The van der Waals surface area contributed by atoms with Crippen molar-refractivity contribution in [3.63, 3.8) is 0 Å². The summed E-state index contributed by atoms with van der Waals surface area (Å²) in [5, 5.41) is 12.7.